The second-order valence-electron chi connectivity index (χ2n) is 6.62. The molecule has 1 aliphatic heterocycles. The smallest absolute Gasteiger partial charge is 0.308 e. The van der Waals surface area contributed by atoms with E-state index in [9.17, 15) is 14.7 Å². The Hall–Kier alpha value is -1.10. The summed E-state index contributed by atoms with van der Waals surface area (Å²) in [6.45, 7) is 3.69. The number of amides is 1. The Kier molecular flexibility index (Phi) is 5.62. The van der Waals surface area contributed by atoms with Gasteiger partial charge in [-0.05, 0) is 32.2 Å². The van der Waals surface area contributed by atoms with E-state index in [1.807, 2.05) is 0 Å². The molecular formula is C16H28N2O3. The number of hydrogen-bond acceptors (Lipinski definition) is 3. The average Bonchev–Trinajstić information content (AvgIpc) is 2.79. The summed E-state index contributed by atoms with van der Waals surface area (Å²) in [5.74, 6) is -1.13. The zero-order valence-corrected chi connectivity index (χ0v) is 13.0. The minimum absolute atomic E-state index is 0.0625. The number of aliphatic carboxylic acids is 1. The third-order valence-electron chi connectivity index (χ3n) is 5.10. The van der Waals surface area contributed by atoms with Gasteiger partial charge < -0.3 is 15.7 Å². The first kappa shape index (κ1) is 16.3. The van der Waals surface area contributed by atoms with E-state index in [2.05, 4.69) is 17.6 Å². The number of nitrogens with one attached hydrogen (secondary N) is 2. The largest absolute Gasteiger partial charge is 0.481 e. The van der Waals surface area contributed by atoms with Gasteiger partial charge in [-0.2, -0.15) is 0 Å². The van der Waals surface area contributed by atoms with Crippen molar-refractivity contribution in [3.63, 3.8) is 0 Å². The monoisotopic (exact) mass is 296 g/mol. The number of hydrogen-bond donors (Lipinski definition) is 3. The second kappa shape index (κ2) is 7.25. The van der Waals surface area contributed by atoms with Crippen LogP contribution in [0.1, 0.15) is 58.3 Å². The van der Waals surface area contributed by atoms with Crippen molar-refractivity contribution < 1.29 is 14.7 Å². The molecule has 1 saturated carbocycles. The highest BCUT2D eigenvalue weighted by Gasteiger charge is 2.42. The predicted octanol–water partition coefficient (Wildman–Crippen LogP) is 1.92. The fraction of sp³-hybridized carbons (Fsp3) is 0.875. The lowest BCUT2D eigenvalue weighted by Gasteiger charge is -2.31. The Morgan fingerprint density at radius 1 is 1.29 bits per heavy atom. The highest BCUT2D eigenvalue weighted by atomic mass is 16.4. The van der Waals surface area contributed by atoms with E-state index in [1.165, 1.54) is 0 Å². The van der Waals surface area contributed by atoms with E-state index < -0.39 is 11.9 Å². The molecule has 5 heteroatoms. The van der Waals surface area contributed by atoms with E-state index >= 15 is 0 Å². The number of carbonyl (C=O) groups excluding carboxylic acids is 1. The van der Waals surface area contributed by atoms with Crippen molar-refractivity contribution in [1.29, 1.82) is 0 Å². The third-order valence-corrected chi connectivity index (χ3v) is 5.10. The van der Waals surface area contributed by atoms with Crippen LogP contribution in [0.4, 0.5) is 0 Å². The number of carbonyl (C=O) groups is 2. The van der Waals surface area contributed by atoms with Crippen LogP contribution in [0, 0.1) is 11.3 Å². The lowest BCUT2D eigenvalue weighted by molar-refractivity contribution is -0.143. The van der Waals surface area contributed by atoms with Gasteiger partial charge in [-0.1, -0.05) is 32.6 Å². The standard InChI is InChI=1S/C16H28N2O3/c1-2-8-16(9-10-17-11-16)15(21)18-13-7-5-3-4-6-12(13)14(19)20/h12-13,17H,2-11H2,1H3,(H,18,21)(H,19,20). The zero-order chi connectivity index (χ0) is 15.3. The minimum Gasteiger partial charge on any atom is -0.481 e. The lowest BCUT2D eigenvalue weighted by Crippen LogP contribution is -2.50. The Labute approximate surface area is 126 Å². The van der Waals surface area contributed by atoms with Crippen molar-refractivity contribution in [2.45, 2.75) is 64.3 Å². The van der Waals surface area contributed by atoms with E-state index in [4.69, 9.17) is 0 Å². The summed E-state index contributed by atoms with van der Waals surface area (Å²) in [4.78, 5) is 24.2. The summed E-state index contributed by atoms with van der Waals surface area (Å²) in [7, 11) is 0. The summed E-state index contributed by atoms with van der Waals surface area (Å²) in [5, 5.41) is 15.8. The summed E-state index contributed by atoms with van der Waals surface area (Å²) in [6, 6.07) is -0.202. The molecule has 3 N–H and O–H groups in total. The van der Waals surface area contributed by atoms with Crippen molar-refractivity contribution in [2.75, 3.05) is 13.1 Å². The molecule has 5 nitrogen and oxygen atoms in total. The molecule has 2 rings (SSSR count). The number of carboxylic acids is 1. The van der Waals surface area contributed by atoms with E-state index in [0.717, 1.165) is 58.0 Å². The zero-order valence-electron chi connectivity index (χ0n) is 13.0. The quantitative estimate of drug-likeness (QED) is 0.677. The molecule has 3 unspecified atom stereocenters. The molecule has 0 aromatic rings. The molecule has 21 heavy (non-hydrogen) atoms. The first-order valence-corrected chi connectivity index (χ1v) is 8.33. The van der Waals surface area contributed by atoms with E-state index in [-0.39, 0.29) is 17.4 Å². The van der Waals surface area contributed by atoms with Crippen molar-refractivity contribution in [3.8, 4) is 0 Å². The van der Waals surface area contributed by atoms with Crippen molar-refractivity contribution >= 4 is 11.9 Å². The molecule has 1 aliphatic carbocycles. The molecule has 120 valence electrons. The molecule has 0 aromatic carbocycles. The molecule has 0 spiro atoms. The van der Waals surface area contributed by atoms with Gasteiger partial charge in [0.1, 0.15) is 0 Å². The molecule has 1 amide bonds. The van der Waals surface area contributed by atoms with E-state index in [0.29, 0.717) is 6.42 Å². The third kappa shape index (κ3) is 3.76. The Morgan fingerprint density at radius 3 is 2.67 bits per heavy atom. The summed E-state index contributed by atoms with van der Waals surface area (Å²) < 4.78 is 0. The van der Waals surface area contributed by atoms with E-state index in [1.54, 1.807) is 0 Å². The maximum Gasteiger partial charge on any atom is 0.308 e. The summed E-state index contributed by atoms with van der Waals surface area (Å²) in [6.07, 6.45) is 7.20. The van der Waals surface area contributed by atoms with Gasteiger partial charge in [-0.15, -0.1) is 0 Å². The first-order chi connectivity index (χ1) is 10.1. The van der Waals surface area contributed by atoms with Crippen molar-refractivity contribution in [2.24, 2.45) is 11.3 Å². The summed E-state index contributed by atoms with van der Waals surface area (Å²) in [5.41, 5.74) is -0.329. The van der Waals surface area contributed by atoms with Gasteiger partial charge in [0.2, 0.25) is 5.91 Å². The molecule has 2 fully saturated rings. The van der Waals surface area contributed by atoms with Gasteiger partial charge in [0, 0.05) is 12.6 Å². The lowest BCUT2D eigenvalue weighted by atomic mass is 9.80. The van der Waals surface area contributed by atoms with Crippen LogP contribution in [-0.4, -0.2) is 36.1 Å². The average molecular weight is 296 g/mol. The van der Waals surface area contributed by atoms with Crippen LogP contribution >= 0.6 is 0 Å². The molecule has 3 atom stereocenters. The van der Waals surface area contributed by atoms with Gasteiger partial charge >= 0.3 is 5.97 Å². The normalized spacial score (nSPS) is 33.4. The number of rotatable bonds is 5. The highest BCUT2D eigenvalue weighted by Crippen LogP contribution is 2.32. The van der Waals surface area contributed by atoms with Crippen molar-refractivity contribution in [3.05, 3.63) is 0 Å². The van der Waals surface area contributed by atoms with Gasteiger partial charge in [-0.25, -0.2) is 0 Å². The highest BCUT2D eigenvalue weighted by molar-refractivity contribution is 5.84. The fourth-order valence-corrected chi connectivity index (χ4v) is 3.84. The predicted molar refractivity (Wildman–Crippen MR) is 81.0 cm³/mol. The maximum atomic E-state index is 12.8. The topological polar surface area (TPSA) is 78.4 Å². The molecular weight excluding hydrogens is 268 g/mol. The Balaban J connectivity index is 2.06. The Morgan fingerprint density at radius 2 is 2.05 bits per heavy atom. The molecule has 1 saturated heterocycles. The first-order valence-electron chi connectivity index (χ1n) is 8.33. The number of carboxylic acid groups (broad SMARTS) is 1. The second-order valence-corrected chi connectivity index (χ2v) is 6.62. The maximum absolute atomic E-state index is 12.8. The molecule has 0 radical (unpaired) electrons. The molecule has 1 heterocycles. The van der Waals surface area contributed by atoms with Gasteiger partial charge in [0.15, 0.2) is 0 Å². The van der Waals surface area contributed by atoms with Gasteiger partial charge in [0.05, 0.1) is 11.3 Å². The van der Waals surface area contributed by atoms with Crippen LogP contribution in [0.2, 0.25) is 0 Å². The molecule has 0 aromatic heterocycles. The van der Waals surface area contributed by atoms with Crippen LogP contribution in [0.15, 0.2) is 0 Å². The Bertz CT molecular complexity index is 378. The van der Waals surface area contributed by atoms with Gasteiger partial charge in [-0.3, -0.25) is 9.59 Å². The fourth-order valence-electron chi connectivity index (χ4n) is 3.84. The van der Waals surface area contributed by atoms with Crippen LogP contribution in [0.5, 0.6) is 0 Å². The van der Waals surface area contributed by atoms with Crippen LogP contribution in [0.3, 0.4) is 0 Å². The minimum atomic E-state index is -0.767. The van der Waals surface area contributed by atoms with Crippen LogP contribution in [0.25, 0.3) is 0 Å². The van der Waals surface area contributed by atoms with Gasteiger partial charge in [0.25, 0.3) is 0 Å². The SMILES string of the molecule is CCCC1(C(=O)NC2CCCCCC2C(=O)O)CCNC1. The molecule has 0 bridgehead atoms. The van der Waals surface area contributed by atoms with Crippen molar-refractivity contribution in [1.82, 2.24) is 10.6 Å². The van der Waals surface area contributed by atoms with Crippen LogP contribution in [-0.2, 0) is 9.59 Å². The molecule has 2 aliphatic rings. The van der Waals surface area contributed by atoms with Crippen LogP contribution < -0.4 is 10.6 Å². The summed E-state index contributed by atoms with van der Waals surface area (Å²) >= 11 is 0.